The number of fused-ring (bicyclic) bond motifs is 2. The molecule has 1 fully saturated rings. The molecule has 0 radical (unpaired) electrons. The molecule has 0 unspecified atom stereocenters. The molecule has 0 atom stereocenters. The van der Waals surface area contributed by atoms with E-state index in [4.69, 9.17) is 4.74 Å². The molecule has 0 aromatic carbocycles. The average Bonchev–Trinajstić information content (AvgIpc) is 3.46. The van der Waals surface area contributed by atoms with Crippen LogP contribution in [0.25, 0.3) is 16.7 Å². The maximum absolute atomic E-state index is 6.15. The topological polar surface area (TPSA) is 108 Å². The third-order valence-corrected chi connectivity index (χ3v) is 6.15. The number of anilines is 2. The van der Waals surface area contributed by atoms with Crippen molar-refractivity contribution >= 4 is 28.6 Å². The minimum Gasteiger partial charge on any atom is -0.451 e. The SMILES string of the molecule is Cc1nc(Nc2nc3ncc(Oc4cnn5ccncc45)c(C)c3n2C)nc(C)c1C1CC1. The first-order valence-electron chi connectivity index (χ1n) is 10.9. The van der Waals surface area contributed by atoms with Crippen molar-refractivity contribution in [2.75, 3.05) is 5.32 Å². The predicted octanol–water partition coefficient (Wildman–Crippen LogP) is 4.14. The first-order chi connectivity index (χ1) is 16.0. The van der Waals surface area contributed by atoms with Gasteiger partial charge in [0.25, 0.3) is 0 Å². The molecule has 0 spiro atoms. The Hall–Kier alpha value is -4.08. The van der Waals surface area contributed by atoms with Gasteiger partial charge in [-0.3, -0.25) is 10.3 Å². The number of ether oxygens (including phenoxy) is 1. The van der Waals surface area contributed by atoms with E-state index in [1.165, 1.54) is 18.4 Å². The van der Waals surface area contributed by atoms with Crippen LogP contribution in [-0.2, 0) is 7.05 Å². The van der Waals surface area contributed by atoms with Crippen molar-refractivity contribution in [2.24, 2.45) is 7.05 Å². The monoisotopic (exact) mass is 441 g/mol. The number of pyridine rings is 1. The third kappa shape index (κ3) is 3.25. The van der Waals surface area contributed by atoms with Gasteiger partial charge in [0.1, 0.15) is 5.52 Å². The first-order valence-corrected chi connectivity index (χ1v) is 10.9. The molecule has 10 heteroatoms. The van der Waals surface area contributed by atoms with Crippen LogP contribution in [-0.4, -0.2) is 39.1 Å². The number of aromatic nitrogens is 8. The number of hydrogen-bond donors (Lipinski definition) is 1. The Balaban J connectivity index is 1.35. The fourth-order valence-corrected chi connectivity index (χ4v) is 4.39. The van der Waals surface area contributed by atoms with Gasteiger partial charge in [0.2, 0.25) is 11.9 Å². The van der Waals surface area contributed by atoms with Gasteiger partial charge in [-0.2, -0.15) is 10.1 Å². The summed E-state index contributed by atoms with van der Waals surface area (Å²) in [5.41, 5.74) is 6.53. The van der Waals surface area contributed by atoms with Crippen LogP contribution >= 0.6 is 0 Å². The zero-order valence-electron chi connectivity index (χ0n) is 18.9. The Morgan fingerprint density at radius 3 is 2.55 bits per heavy atom. The molecule has 0 amide bonds. The number of hydrogen-bond acceptors (Lipinski definition) is 8. The summed E-state index contributed by atoms with van der Waals surface area (Å²) in [6.07, 6.45) is 11.0. The molecule has 5 aromatic heterocycles. The quantitative estimate of drug-likeness (QED) is 0.434. The Kier molecular flexibility index (Phi) is 4.29. The molecule has 166 valence electrons. The average molecular weight is 441 g/mol. The lowest BCUT2D eigenvalue weighted by atomic mass is 10.1. The van der Waals surface area contributed by atoms with Crippen molar-refractivity contribution in [3.05, 3.63) is 53.5 Å². The van der Waals surface area contributed by atoms with Gasteiger partial charge in [-0.15, -0.1) is 0 Å². The molecule has 1 saturated carbocycles. The molecule has 10 nitrogen and oxygen atoms in total. The zero-order chi connectivity index (χ0) is 22.7. The van der Waals surface area contributed by atoms with Gasteiger partial charge in [0, 0.05) is 36.4 Å². The summed E-state index contributed by atoms with van der Waals surface area (Å²) in [6.45, 7) is 6.09. The molecular weight excluding hydrogens is 418 g/mol. The van der Waals surface area contributed by atoms with E-state index in [0.717, 1.165) is 28.0 Å². The highest BCUT2D eigenvalue weighted by Gasteiger charge is 2.28. The molecule has 33 heavy (non-hydrogen) atoms. The molecule has 1 aliphatic carbocycles. The Morgan fingerprint density at radius 2 is 1.79 bits per heavy atom. The van der Waals surface area contributed by atoms with Crippen LogP contribution in [0.2, 0.25) is 0 Å². The minimum atomic E-state index is 0.542. The second-order valence-corrected chi connectivity index (χ2v) is 8.46. The standard InChI is InChI=1S/C23H23N9O/c1-12-17(33-18-11-26-32-8-7-24-9-16(18)32)10-25-21-20(12)31(4)23(29-21)30-22-27-13(2)19(14(3)28-22)15-5-6-15/h7-11,15H,5-6H2,1-4H3,(H,25,27,28,29,30). The summed E-state index contributed by atoms with van der Waals surface area (Å²) >= 11 is 0. The van der Waals surface area contributed by atoms with Crippen molar-refractivity contribution in [1.29, 1.82) is 0 Å². The molecule has 1 aliphatic rings. The van der Waals surface area contributed by atoms with E-state index in [1.54, 1.807) is 35.5 Å². The molecule has 6 rings (SSSR count). The molecule has 0 bridgehead atoms. The van der Waals surface area contributed by atoms with Crippen LogP contribution in [0.15, 0.2) is 31.0 Å². The first kappa shape index (κ1) is 19.6. The smallest absolute Gasteiger partial charge is 0.229 e. The van der Waals surface area contributed by atoms with E-state index in [1.807, 2.05) is 32.4 Å². The van der Waals surface area contributed by atoms with Crippen LogP contribution < -0.4 is 10.1 Å². The normalized spacial score (nSPS) is 13.7. The fourth-order valence-electron chi connectivity index (χ4n) is 4.39. The lowest BCUT2D eigenvalue weighted by Gasteiger charge is -2.11. The van der Waals surface area contributed by atoms with E-state index < -0.39 is 0 Å². The van der Waals surface area contributed by atoms with Gasteiger partial charge >= 0.3 is 0 Å². The van der Waals surface area contributed by atoms with Crippen LogP contribution in [0.5, 0.6) is 11.5 Å². The van der Waals surface area contributed by atoms with Crippen molar-refractivity contribution < 1.29 is 4.74 Å². The number of nitrogens with zero attached hydrogens (tertiary/aromatic N) is 8. The molecule has 0 saturated heterocycles. The van der Waals surface area contributed by atoms with Gasteiger partial charge in [-0.25, -0.2) is 19.5 Å². The van der Waals surface area contributed by atoms with E-state index in [0.29, 0.717) is 35.0 Å². The number of imidazole rings is 1. The Morgan fingerprint density at radius 1 is 1.00 bits per heavy atom. The molecular formula is C23H23N9O. The second-order valence-electron chi connectivity index (χ2n) is 8.46. The largest absolute Gasteiger partial charge is 0.451 e. The van der Waals surface area contributed by atoms with Crippen molar-refractivity contribution in [3.8, 4) is 11.5 Å². The van der Waals surface area contributed by atoms with E-state index in [9.17, 15) is 0 Å². The van der Waals surface area contributed by atoms with Gasteiger partial charge < -0.3 is 9.30 Å². The van der Waals surface area contributed by atoms with Crippen molar-refractivity contribution in [3.63, 3.8) is 0 Å². The van der Waals surface area contributed by atoms with Gasteiger partial charge in [-0.1, -0.05) is 0 Å². The van der Waals surface area contributed by atoms with E-state index >= 15 is 0 Å². The maximum atomic E-state index is 6.15. The van der Waals surface area contributed by atoms with Gasteiger partial charge in [0.15, 0.2) is 17.1 Å². The van der Waals surface area contributed by atoms with Gasteiger partial charge in [0.05, 0.1) is 24.1 Å². The maximum Gasteiger partial charge on any atom is 0.229 e. The third-order valence-electron chi connectivity index (χ3n) is 6.15. The van der Waals surface area contributed by atoms with Crippen LogP contribution in [0.3, 0.4) is 0 Å². The second kappa shape index (κ2) is 7.22. The summed E-state index contributed by atoms with van der Waals surface area (Å²) in [6, 6.07) is 0. The molecule has 5 aromatic rings. The summed E-state index contributed by atoms with van der Waals surface area (Å²) in [5, 5.41) is 7.57. The highest BCUT2D eigenvalue weighted by atomic mass is 16.5. The fraction of sp³-hybridized carbons (Fsp3) is 0.304. The molecule has 5 heterocycles. The summed E-state index contributed by atoms with van der Waals surface area (Å²) in [4.78, 5) is 22.7. The highest BCUT2D eigenvalue weighted by Crippen LogP contribution is 2.42. The summed E-state index contributed by atoms with van der Waals surface area (Å²) in [5.74, 6) is 3.02. The minimum absolute atomic E-state index is 0.542. The summed E-state index contributed by atoms with van der Waals surface area (Å²) in [7, 11) is 1.94. The molecule has 1 N–H and O–H groups in total. The summed E-state index contributed by atoms with van der Waals surface area (Å²) < 4.78 is 9.82. The zero-order valence-corrected chi connectivity index (χ0v) is 18.9. The van der Waals surface area contributed by atoms with Crippen molar-refractivity contribution in [2.45, 2.75) is 39.5 Å². The number of nitrogens with one attached hydrogen (secondary N) is 1. The van der Waals surface area contributed by atoms with Crippen LogP contribution in [0.1, 0.15) is 41.3 Å². The van der Waals surface area contributed by atoms with E-state index in [-0.39, 0.29) is 0 Å². The number of rotatable bonds is 5. The number of aryl methyl sites for hydroxylation is 4. The lowest BCUT2D eigenvalue weighted by molar-refractivity contribution is 0.482. The van der Waals surface area contributed by atoms with Crippen LogP contribution in [0.4, 0.5) is 11.9 Å². The van der Waals surface area contributed by atoms with E-state index in [2.05, 4.69) is 35.3 Å². The Bertz CT molecular complexity index is 1510. The Labute approximate surface area is 189 Å². The molecule has 0 aliphatic heterocycles. The highest BCUT2D eigenvalue weighted by molar-refractivity contribution is 5.81. The van der Waals surface area contributed by atoms with Crippen molar-refractivity contribution in [1.82, 2.24) is 39.1 Å². The lowest BCUT2D eigenvalue weighted by Crippen LogP contribution is -2.07. The van der Waals surface area contributed by atoms with Gasteiger partial charge in [-0.05, 0) is 45.1 Å². The van der Waals surface area contributed by atoms with Crippen LogP contribution in [0, 0.1) is 20.8 Å². The predicted molar refractivity (Wildman–Crippen MR) is 123 cm³/mol.